The molecule has 0 aromatic heterocycles. The van der Waals surface area contributed by atoms with Gasteiger partial charge in [0.2, 0.25) is 0 Å². The van der Waals surface area contributed by atoms with Gasteiger partial charge < -0.3 is 10.1 Å². The highest BCUT2D eigenvalue weighted by Gasteiger charge is 2.29. The van der Waals surface area contributed by atoms with Gasteiger partial charge in [0.05, 0.1) is 0 Å². The molecule has 1 rings (SSSR count). The molecule has 0 spiro atoms. The number of alkyl carbamates (subject to hydrolysis) is 1. The number of carbonyl (C=O) groups excluding carboxylic acids is 1. The summed E-state index contributed by atoms with van der Waals surface area (Å²) in [6.07, 6.45) is 2.00. The van der Waals surface area contributed by atoms with Gasteiger partial charge in [0, 0.05) is 6.04 Å². The van der Waals surface area contributed by atoms with Crippen LogP contribution in [0.2, 0.25) is 0 Å². The lowest BCUT2D eigenvalue weighted by atomic mass is 9.81. The average Bonchev–Trinajstić information content (AvgIpc) is 1.94. The van der Waals surface area contributed by atoms with Crippen LogP contribution in [0.15, 0.2) is 0 Å². The van der Waals surface area contributed by atoms with E-state index in [0.29, 0.717) is 12.0 Å². The van der Waals surface area contributed by atoms with Crippen molar-refractivity contribution in [3.05, 3.63) is 0 Å². The van der Waals surface area contributed by atoms with Crippen LogP contribution in [0.25, 0.3) is 0 Å². The van der Waals surface area contributed by atoms with Gasteiger partial charge in [-0.3, -0.25) is 0 Å². The summed E-state index contributed by atoms with van der Waals surface area (Å²) in [4.78, 5) is 11.3. The smallest absolute Gasteiger partial charge is 0.407 e. The zero-order valence-corrected chi connectivity index (χ0v) is 8.89. The highest BCUT2D eigenvalue weighted by Crippen LogP contribution is 2.26. The van der Waals surface area contributed by atoms with Gasteiger partial charge in [-0.05, 0) is 39.5 Å². The molecule has 0 aromatic carbocycles. The standard InChI is InChI=1S/C10H19NO2/c1-7-5-6-8(7)11-9(12)13-10(2,3)4/h7-8H,5-6H2,1-4H3,(H,11,12). The Bertz CT molecular complexity index is 196. The highest BCUT2D eigenvalue weighted by molar-refractivity contribution is 5.68. The minimum atomic E-state index is -0.392. The Labute approximate surface area is 79.8 Å². The van der Waals surface area contributed by atoms with E-state index in [-0.39, 0.29) is 6.09 Å². The second kappa shape index (κ2) is 3.56. The van der Waals surface area contributed by atoms with E-state index in [9.17, 15) is 4.79 Å². The lowest BCUT2D eigenvalue weighted by Gasteiger charge is -2.34. The van der Waals surface area contributed by atoms with Gasteiger partial charge in [0.1, 0.15) is 5.60 Å². The van der Waals surface area contributed by atoms with Crippen LogP contribution < -0.4 is 5.32 Å². The van der Waals surface area contributed by atoms with E-state index in [1.54, 1.807) is 0 Å². The fourth-order valence-corrected chi connectivity index (χ4v) is 1.34. The molecule has 0 aromatic rings. The van der Waals surface area contributed by atoms with E-state index < -0.39 is 5.60 Å². The SMILES string of the molecule is CC1CCC1NC(=O)OC(C)(C)C. The third kappa shape index (κ3) is 3.25. The summed E-state index contributed by atoms with van der Waals surface area (Å²) in [6, 6.07) is 0.329. The fraction of sp³-hybridized carbons (Fsp3) is 0.900. The van der Waals surface area contributed by atoms with Crippen LogP contribution in [0.3, 0.4) is 0 Å². The first-order valence-electron chi connectivity index (χ1n) is 4.88. The molecule has 1 saturated carbocycles. The topological polar surface area (TPSA) is 38.3 Å². The summed E-state index contributed by atoms with van der Waals surface area (Å²) in [5.41, 5.74) is -0.392. The second-order valence-electron chi connectivity index (χ2n) is 4.81. The minimum absolute atomic E-state index is 0.288. The molecule has 1 N–H and O–H groups in total. The molecule has 1 amide bonds. The van der Waals surface area contributed by atoms with Crippen molar-refractivity contribution in [2.24, 2.45) is 5.92 Å². The average molecular weight is 185 g/mol. The Morgan fingerprint density at radius 3 is 2.31 bits per heavy atom. The number of hydrogen-bond acceptors (Lipinski definition) is 2. The zero-order chi connectivity index (χ0) is 10.1. The lowest BCUT2D eigenvalue weighted by molar-refractivity contribution is 0.0445. The van der Waals surface area contributed by atoms with Gasteiger partial charge in [0.15, 0.2) is 0 Å². The van der Waals surface area contributed by atoms with Crippen molar-refractivity contribution in [2.45, 2.75) is 52.2 Å². The number of ether oxygens (including phenoxy) is 1. The normalized spacial score (nSPS) is 27.7. The van der Waals surface area contributed by atoms with Gasteiger partial charge >= 0.3 is 6.09 Å². The maximum atomic E-state index is 11.3. The Morgan fingerprint density at radius 2 is 2.00 bits per heavy atom. The number of nitrogens with one attached hydrogen (secondary N) is 1. The molecule has 13 heavy (non-hydrogen) atoms. The van der Waals surface area contributed by atoms with Gasteiger partial charge in [-0.15, -0.1) is 0 Å². The molecular weight excluding hydrogens is 166 g/mol. The van der Waals surface area contributed by atoms with E-state index >= 15 is 0 Å². The highest BCUT2D eigenvalue weighted by atomic mass is 16.6. The molecule has 2 unspecified atom stereocenters. The summed E-state index contributed by atoms with van der Waals surface area (Å²) in [7, 11) is 0. The molecule has 2 atom stereocenters. The molecule has 1 aliphatic rings. The van der Waals surface area contributed by atoms with Gasteiger partial charge in [0.25, 0.3) is 0 Å². The van der Waals surface area contributed by atoms with Crippen molar-refractivity contribution < 1.29 is 9.53 Å². The van der Waals surface area contributed by atoms with Crippen LogP contribution in [-0.4, -0.2) is 17.7 Å². The lowest BCUT2D eigenvalue weighted by Crippen LogP contribution is -2.47. The number of hydrogen-bond donors (Lipinski definition) is 1. The molecule has 1 fully saturated rings. The second-order valence-corrected chi connectivity index (χ2v) is 4.81. The molecule has 3 nitrogen and oxygen atoms in total. The molecule has 0 heterocycles. The summed E-state index contributed by atoms with van der Waals surface area (Å²) in [5.74, 6) is 0.604. The summed E-state index contributed by atoms with van der Waals surface area (Å²) in [5, 5.41) is 2.86. The van der Waals surface area contributed by atoms with Crippen molar-refractivity contribution >= 4 is 6.09 Å². The quantitative estimate of drug-likeness (QED) is 0.680. The van der Waals surface area contributed by atoms with Crippen LogP contribution in [0.1, 0.15) is 40.5 Å². The summed E-state index contributed by atoms with van der Waals surface area (Å²) >= 11 is 0. The molecule has 0 saturated heterocycles. The van der Waals surface area contributed by atoms with Crippen LogP contribution in [0.5, 0.6) is 0 Å². The van der Waals surface area contributed by atoms with E-state index in [1.165, 1.54) is 6.42 Å². The fourth-order valence-electron chi connectivity index (χ4n) is 1.34. The van der Waals surface area contributed by atoms with E-state index in [4.69, 9.17) is 4.74 Å². The van der Waals surface area contributed by atoms with Crippen LogP contribution in [-0.2, 0) is 4.74 Å². The van der Waals surface area contributed by atoms with Crippen molar-refractivity contribution in [2.75, 3.05) is 0 Å². The number of amides is 1. The largest absolute Gasteiger partial charge is 0.444 e. The summed E-state index contributed by atoms with van der Waals surface area (Å²) in [6.45, 7) is 7.76. The molecule has 0 aliphatic heterocycles. The Hall–Kier alpha value is -0.730. The van der Waals surface area contributed by atoms with Gasteiger partial charge in [-0.25, -0.2) is 4.79 Å². The van der Waals surface area contributed by atoms with Crippen molar-refractivity contribution in [3.8, 4) is 0 Å². The first kappa shape index (κ1) is 10.4. The van der Waals surface area contributed by atoms with Crippen molar-refractivity contribution in [3.63, 3.8) is 0 Å². The first-order valence-corrected chi connectivity index (χ1v) is 4.88. The molecule has 1 aliphatic carbocycles. The Balaban J connectivity index is 2.25. The Kier molecular flexibility index (Phi) is 2.84. The monoisotopic (exact) mass is 185 g/mol. The minimum Gasteiger partial charge on any atom is -0.444 e. The third-order valence-electron chi connectivity index (χ3n) is 2.32. The zero-order valence-electron chi connectivity index (χ0n) is 8.89. The van der Waals surface area contributed by atoms with Crippen molar-refractivity contribution in [1.29, 1.82) is 0 Å². The summed E-state index contributed by atoms with van der Waals surface area (Å²) < 4.78 is 5.14. The van der Waals surface area contributed by atoms with E-state index in [2.05, 4.69) is 12.2 Å². The van der Waals surface area contributed by atoms with Gasteiger partial charge in [-0.2, -0.15) is 0 Å². The van der Waals surface area contributed by atoms with Gasteiger partial charge in [-0.1, -0.05) is 6.92 Å². The van der Waals surface area contributed by atoms with Crippen LogP contribution in [0.4, 0.5) is 4.79 Å². The maximum absolute atomic E-state index is 11.3. The molecule has 0 bridgehead atoms. The van der Waals surface area contributed by atoms with Crippen molar-refractivity contribution in [1.82, 2.24) is 5.32 Å². The van der Waals surface area contributed by atoms with Crippen LogP contribution in [0, 0.1) is 5.92 Å². The molecule has 3 heteroatoms. The number of carbonyl (C=O) groups is 1. The molecular formula is C10H19NO2. The predicted molar refractivity (Wildman–Crippen MR) is 51.6 cm³/mol. The predicted octanol–water partition coefficient (Wildman–Crippen LogP) is 2.31. The van der Waals surface area contributed by atoms with E-state index in [0.717, 1.165) is 6.42 Å². The Morgan fingerprint density at radius 1 is 1.38 bits per heavy atom. The first-order chi connectivity index (χ1) is 5.88. The third-order valence-corrected chi connectivity index (χ3v) is 2.32. The van der Waals surface area contributed by atoms with Crippen LogP contribution >= 0.6 is 0 Å². The maximum Gasteiger partial charge on any atom is 0.407 e. The van der Waals surface area contributed by atoms with E-state index in [1.807, 2.05) is 20.8 Å². The number of rotatable bonds is 1. The molecule has 76 valence electrons. The molecule has 0 radical (unpaired) electrons.